The maximum atomic E-state index is 12.1. The second kappa shape index (κ2) is 8.79. The molecule has 1 N–H and O–H groups in total. The van der Waals surface area contributed by atoms with Crippen molar-refractivity contribution in [2.24, 2.45) is 0 Å². The number of anilines is 1. The average molecular weight is 399 g/mol. The van der Waals surface area contributed by atoms with E-state index in [0.717, 1.165) is 21.3 Å². The van der Waals surface area contributed by atoms with Gasteiger partial charge in [-0.3, -0.25) is 0 Å². The second-order valence-electron chi connectivity index (χ2n) is 5.95. The highest BCUT2D eigenvalue weighted by molar-refractivity contribution is 7.20. The summed E-state index contributed by atoms with van der Waals surface area (Å²) in [6.07, 6.45) is 1.47. The molecule has 0 spiro atoms. The number of rotatable bonds is 7. The summed E-state index contributed by atoms with van der Waals surface area (Å²) in [6, 6.07) is 7.20. The quantitative estimate of drug-likeness (QED) is 0.601. The minimum absolute atomic E-state index is 0.325. The van der Waals surface area contributed by atoms with Crippen molar-refractivity contribution in [2.75, 3.05) is 18.5 Å². The van der Waals surface area contributed by atoms with Crippen molar-refractivity contribution in [1.29, 1.82) is 0 Å². The van der Waals surface area contributed by atoms with E-state index in [4.69, 9.17) is 9.47 Å². The van der Waals surface area contributed by atoms with Gasteiger partial charge < -0.3 is 14.8 Å². The molecule has 0 amide bonds. The van der Waals surface area contributed by atoms with Crippen LogP contribution in [0.4, 0.5) is 5.82 Å². The number of esters is 2. The number of hydrogen-bond acceptors (Lipinski definition) is 8. The molecule has 2 aromatic heterocycles. The summed E-state index contributed by atoms with van der Waals surface area (Å²) in [5, 5.41) is 4.11. The molecule has 0 aliphatic rings. The maximum Gasteiger partial charge on any atom is 0.348 e. The number of thiophene rings is 1. The number of hydrogen-bond donors (Lipinski definition) is 1. The third kappa shape index (κ3) is 4.12. The van der Waals surface area contributed by atoms with Crippen molar-refractivity contribution in [3.8, 4) is 0 Å². The maximum absolute atomic E-state index is 12.1. The summed E-state index contributed by atoms with van der Waals surface area (Å²) in [5.41, 5.74) is 2.31. The summed E-state index contributed by atoms with van der Waals surface area (Å²) >= 11 is 1.30. The van der Waals surface area contributed by atoms with Crippen LogP contribution in [0.1, 0.15) is 45.0 Å². The molecule has 3 aromatic rings. The van der Waals surface area contributed by atoms with E-state index < -0.39 is 0 Å². The van der Waals surface area contributed by atoms with Crippen molar-refractivity contribution in [1.82, 2.24) is 9.97 Å². The summed E-state index contributed by atoms with van der Waals surface area (Å²) in [5.74, 6) is -0.0211. The first kappa shape index (κ1) is 19.8. The zero-order valence-corrected chi connectivity index (χ0v) is 16.8. The Kier molecular flexibility index (Phi) is 6.20. The molecule has 3 rings (SSSR count). The SMILES string of the molecule is CCOC(=O)c1ccc(CNc2ncnc3sc(C(=O)OCC)c(C)c23)cc1. The number of ether oxygens (including phenoxy) is 2. The van der Waals surface area contributed by atoms with Gasteiger partial charge in [0.05, 0.1) is 24.2 Å². The van der Waals surface area contributed by atoms with Crippen molar-refractivity contribution < 1.29 is 19.1 Å². The molecule has 28 heavy (non-hydrogen) atoms. The molecule has 0 aliphatic heterocycles. The van der Waals surface area contributed by atoms with E-state index in [0.29, 0.717) is 36.0 Å². The minimum atomic E-state index is -0.344. The number of carbonyl (C=O) groups excluding carboxylic acids is 2. The zero-order valence-electron chi connectivity index (χ0n) is 15.9. The highest BCUT2D eigenvalue weighted by atomic mass is 32.1. The monoisotopic (exact) mass is 399 g/mol. The van der Waals surface area contributed by atoms with Gasteiger partial charge in [0.1, 0.15) is 21.9 Å². The van der Waals surface area contributed by atoms with Crippen LogP contribution in [0.15, 0.2) is 30.6 Å². The molecule has 0 radical (unpaired) electrons. The first-order valence-electron chi connectivity index (χ1n) is 8.96. The Hall–Kier alpha value is -3.00. The van der Waals surface area contributed by atoms with Crippen molar-refractivity contribution in [3.05, 3.63) is 52.2 Å². The number of carbonyl (C=O) groups is 2. The Morgan fingerprint density at radius 3 is 2.39 bits per heavy atom. The Labute approximate surface area is 166 Å². The summed E-state index contributed by atoms with van der Waals surface area (Å²) in [7, 11) is 0. The smallest absolute Gasteiger partial charge is 0.348 e. The van der Waals surface area contributed by atoms with Crippen LogP contribution in [-0.4, -0.2) is 35.1 Å². The molecule has 1 aromatic carbocycles. The van der Waals surface area contributed by atoms with Crippen molar-refractivity contribution in [3.63, 3.8) is 0 Å². The molecular weight excluding hydrogens is 378 g/mol. The minimum Gasteiger partial charge on any atom is -0.462 e. The molecule has 0 atom stereocenters. The van der Waals surface area contributed by atoms with Crippen LogP contribution in [0, 0.1) is 6.92 Å². The third-order valence-corrected chi connectivity index (χ3v) is 5.29. The van der Waals surface area contributed by atoms with Crippen molar-refractivity contribution in [2.45, 2.75) is 27.3 Å². The van der Waals surface area contributed by atoms with Crippen LogP contribution >= 0.6 is 11.3 Å². The number of aryl methyl sites for hydroxylation is 1. The van der Waals surface area contributed by atoms with Gasteiger partial charge in [0.15, 0.2) is 0 Å². The number of aromatic nitrogens is 2. The van der Waals surface area contributed by atoms with E-state index >= 15 is 0 Å². The lowest BCUT2D eigenvalue weighted by Gasteiger charge is -2.08. The molecule has 0 saturated carbocycles. The fraction of sp³-hybridized carbons (Fsp3) is 0.300. The van der Waals surface area contributed by atoms with Gasteiger partial charge in [0.2, 0.25) is 0 Å². The van der Waals surface area contributed by atoms with Gasteiger partial charge in [-0.1, -0.05) is 12.1 Å². The third-order valence-electron chi connectivity index (χ3n) is 4.11. The molecule has 0 bridgehead atoms. The summed E-state index contributed by atoms with van der Waals surface area (Å²) in [6.45, 7) is 6.61. The molecule has 146 valence electrons. The van der Waals surface area contributed by atoms with E-state index in [1.54, 1.807) is 26.0 Å². The number of nitrogens with one attached hydrogen (secondary N) is 1. The Bertz CT molecular complexity index is 999. The number of nitrogens with zero attached hydrogens (tertiary/aromatic N) is 2. The van der Waals surface area contributed by atoms with E-state index in [-0.39, 0.29) is 11.9 Å². The predicted molar refractivity (Wildman–Crippen MR) is 108 cm³/mol. The number of fused-ring (bicyclic) bond motifs is 1. The van der Waals surface area contributed by atoms with Gasteiger partial charge in [-0.25, -0.2) is 19.6 Å². The van der Waals surface area contributed by atoms with Gasteiger partial charge in [-0.15, -0.1) is 11.3 Å². The van der Waals surface area contributed by atoms with Crippen LogP contribution in [0.5, 0.6) is 0 Å². The van der Waals surface area contributed by atoms with Gasteiger partial charge >= 0.3 is 11.9 Å². The normalized spacial score (nSPS) is 10.7. The molecule has 0 saturated heterocycles. The molecule has 0 aliphatic carbocycles. The van der Waals surface area contributed by atoms with Crippen molar-refractivity contribution >= 4 is 39.3 Å². The van der Waals surface area contributed by atoms with E-state index in [1.165, 1.54) is 17.7 Å². The molecule has 0 fully saturated rings. The molecular formula is C20H21N3O4S. The first-order chi connectivity index (χ1) is 13.5. The lowest BCUT2D eigenvalue weighted by Crippen LogP contribution is -2.06. The summed E-state index contributed by atoms with van der Waals surface area (Å²) < 4.78 is 10.1. The lowest BCUT2D eigenvalue weighted by atomic mass is 10.1. The Morgan fingerprint density at radius 2 is 1.71 bits per heavy atom. The summed E-state index contributed by atoms with van der Waals surface area (Å²) in [4.78, 5) is 33.8. The fourth-order valence-corrected chi connectivity index (χ4v) is 3.80. The predicted octanol–water partition coefficient (Wildman–Crippen LogP) is 3.97. The van der Waals surface area contributed by atoms with E-state index in [9.17, 15) is 9.59 Å². The van der Waals surface area contributed by atoms with Gasteiger partial charge in [-0.05, 0) is 44.0 Å². The zero-order chi connectivity index (χ0) is 20.1. The standard InChI is InChI=1S/C20H21N3O4S/c1-4-26-19(24)14-8-6-13(7-9-14)10-21-17-15-12(3)16(20(25)27-5-2)28-18(15)23-11-22-17/h6-9,11H,4-5,10H2,1-3H3,(H,21,22,23). The molecule has 0 unspecified atom stereocenters. The highest BCUT2D eigenvalue weighted by Gasteiger charge is 2.20. The van der Waals surface area contributed by atoms with Crippen LogP contribution in [0.25, 0.3) is 10.2 Å². The van der Waals surface area contributed by atoms with Gasteiger partial charge in [0.25, 0.3) is 0 Å². The lowest BCUT2D eigenvalue weighted by molar-refractivity contribution is 0.0519. The average Bonchev–Trinajstić information content (AvgIpc) is 3.04. The fourth-order valence-electron chi connectivity index (χ4n) is 2.76. The van der Waals surface area contributed by atoms with E-state index in [1.807, 2.05) is 19.1 Å². The Balaban J connectivity index is 1.79. The van der Waals surface area contributed by atoms with Gasteiger partial charge in [0, 0.05) is 6.54 Å². The van der Waals surface area contributed by atoms with Crippen LogP contribution in [-0.2, 0) is 16.0 Å². The highest BCUT2D eigenvalue weighted by Crippen LogP contribution is 2.33. The van der Waals surface area contributed by atoms with Crippen LogP contribution in [0.2, 0.25) is 0 Å². The molecule has 8 heteroatoms. The second-order valence-corrected chi connectivity index (χ2v) is 6.95. The van der Waals surface area contributed by atoms with Gasteiger partial charge in [-0.2, -0.15) is 0 Å². The largest absolute Gasteiger partial charge is 0.462 e. The van der Waals surface area contributed by atoms with Crippen LogP contribution in [0.3, 0.4) is 0 Å². The number of benzene rings is 1. The molecule has 2 heterocycles. The topological polar surface area (TPSA) is 90.4 Å². The first-order valence-corrected chi connectivity index (χ1v) is 9.77. The van der Waals surface area contributed by atoms with Crippen LogP contribution < -0.4 is 5.32 Å². The molecule has 7 nitrogen and oxygen atoms in total. The Morgan fingerprint density at radius 1 is 1.04 bits per heavy atom. The van der Waals surface area contributed by atoms with E-state index in [2.05, 4.69) is 15.3 Å².